The molecule has 3 aromatic heterocycles. The van der Waals surface area contributed by atoms with Crippen molar-refractivity contribution in [3.63, 3.8) is 0 Å². The number of thiophene rings is 1. The first kappa shape index (κ1) is 10.5. The molecular weight excluding hydrogens is 260 g/mol. The molecule has 0 saturated carbocycles. The van der Waals surface area contributed by atoms with Crippen molar-refractivity contribution in [2.75, 3.05) is 0 Å². The van der Waals surface area contributed by atoms with E-state index in [0.29, 0.717) is 10.5 Å². The van der Waals surface area contributed by atoms with Crippen LogP contribution >= 0.6 is 11.3 Å². The fourth-order valence-electron chi connectivity index (χ4n) is 2.17. The van der Waals surface area contributed by atoms with Gasteiger partial charge in [-0.3, -0.25) is 14.2 Å². The van der Waals surface area contributed by atoms with E-state index in [1.165, 1.54) is 11.3 Å². The summed E-state index contributed by atoms with van der Waals surface area (Å²) in [5.74, 6) is 1.20. The van der Waals surface area contributed by atoms with Crippen LogP contribution in [0, 0.1) is 0 Å². The third-order valence-electron chi connectivity index (χ3n) is 3.01. The number of aromatic nitrogens is 4. The molecule has 1 N–H and O–H groups in total. The van der Waals surface area contributed by atoms with Crippen molar-refractivity contribution < 1.29 is 0 Å². The van der Waals surface area contributed by atoms with Crippen LogP contribution < -0.4 is 5.56 Å². The summed E-state index contributed by atoms with van der Waals surface area (Å²) in [6.07, 6.45) is 0. The van der Waals surface area contributed by atoms with Gasteiger partial charge in [0.25, 0.3) is 5.56 Å². The zero-order chi connectivity index (χ0) is 12.8. The fourth-order valence-corrected chi connectivity index (χ4v) is 2.95. The first-order valence-corrected chi connectivity index (χ1v) is 6.62. The molecule has 6 heteroatoms. The lowest BCUT2D eigenvalue weighted by Crippen LogP contribution is -2.08. The van der Waals surface area contributed by atoms with E-state index >= 15 is 0 Å². The lowest BCUT2D eigenvalue weighted by Gasteiger charge is -2.01. The van der Waals surface area contributed by atoms with Crippen LogP contribution in [0.5, 0.6) is 0 Å². The fraction of sp³-hybridized carbons (Fsp3) is 0. The van der Waals surface area contributed by atoms with Crippen LogP contribution in [0.1, 0.15) is 0 Å². The Morgan fingerprint density at radius 1 is 1.11 bits per heavy atom. The summed E-state index contributed by atoms with van der Waals surface area (Å²) >= 11 is 1.42. The molecule has 19 heavy (non-hydrogen) atoms. The molecule has 0 radical (unpaired) electrons. The van der Waals surface area contributed by atoms with Crippen LogP contribution in [0.3, 0.4) is 0 Å². The topological polar surface area (TPSA) is 63.0 Å². The van der Waals surface area contributed by atoms with Crippen molar-refractivity contribution in [2.45, 2.75) is 0 Å². The van der Waals surface area contributed by atoms with Gasteiger partial charge in [-0.2, -0.15) is 0 Å². The minimum Gasteiger partial charge on any atom is -0.289 e. The minimum absolute atomic E-state index is 0.121. The second-order valence-electron chi connectivity index (χ2n) is 4.14. The van der Waals surface area contributed by atoms with Gasteiger partial charge < -0.3 is 0 Å². The van der Waals surface area contributed by atoms with E-state index in [1.54, 1.807) is 0 Å². The highest BCUT2D eigenvalue weighted by atomic mass is 32.1. The lowest BCUT2D eigenvalue weighted by molar-refractivity contribution is 1.09. The lowest BCUT2D eigenvalue weighted by atomic mass is 10.2. The summed E-state index contributed by atoms with van der Waals surface area (Å²) < 4.78 is 2.56. The second-order valence-corrected chi connectivity index (χ2v) is 5.05. The predicted octanol–water partition coefficient (Wildman–Crippen LogP) is 2.30. The SMILES string of the molecule is O=c1[nH]c2nnc(-c3ccccc3)n2c2ccsc12. The van der Waals surface area contributed by atoms with Crippen molar-refractivity contribution in [1.82, 2.24) is 19.6 Å². The molecule has 0 saturated heterocycles. The van der Waals surface area contributed by atoms with Crippen LogP contribution in [-0.2, 0) is 0 Å². The van der Waals surface area contributed by atoms with Gasteiger partial charge in [-0.25, -0.2) is 0 Å². The van der Waals surface area contributed by atoms with Gasteiger partial charge in [0.2, 0.25) is 5.78 Å². The van der Waals surface area contributed by atoms with Gasteiger partial charge in [0.15, 0.2) is 5.82 Å². The molecule has 0 amide bonds. The summed E-state index contributed by atoms with van der Waals surface area (Å²) in [5, 5.41) is 10.1. The van der Waals surface area contributed by atoms with E-state index in [1.807, 2.05) is 46.2 Å². The molecule has 0 spiro atoms. The second kappa shape index (κ2) is 3.76. The Balaban J connectivity index is 2.19. The summed E-state index contributed by atoms with van der Waals surface area (Å²) in [6, 6.07) is 11.7. The zero-order valence-electron chi connectivity index (χ0n) is 9.70. The molecule has 0 atom stereocenters. The summed E-state index contributed by atoms with van der Waals surface area (Å²) in [6.45, 7) is 0. The van der Waals surface area contributed by atoms with Gasteiger partial charge in [-0.05, 0) is 11.4 Å². The largest absolute Gasteiger partial charge is 0.289 e. The average molecular weight is 268 g/mol. The Morgan fingerprint density at radius 2 is 1.95 bits per heavy atom. The minimum atomic E-state index is -0.121. The Bertz CT molecular complexity index is 936. The molecule has 1 aromatic carbocycles. The number of hydrogen-bond donors (Lipinski definition) is 1. The highest BCUT2D eigenvalue weighted by Gasteiger charge is 2.13. The normalized spacial score (nSPS) is 11.4. The van der Waals surface area contributed by atoms with E-state index in [-0.39, 0.29) is 5.56 Å². The summed E-state index contributed by atoms with van der Waals surface area (Å²) in [5.41, 5.74) is 1.69. The van der Waals surface area contributed by atoms with Gasteiger partial charge in [-0.1, -0.05) is 30.3 Å². The smallest absolute Gasteiger partial charge is 0.270 e. The first-order chi connectivity index (χ1) is 9.34. The van der Waals surface area contributed by atoms with E-state index in [0.717, 1.165) is 16.9 Å². The van der Waals surface area contributed by atoms with Crippen molar-refractivity contribution in [2.24, 2.45) is 0 Å². The molecule has 0 aliphatic carbocycles. The maximum Gasteiger partial charge on any atom is 0.270 e. The van der Waals surface area contributed by atoms with Crippen LogP contribution in [0.15, 0.2) is 46.6 Å². The summed E-state index contributed by atoms with van der Waals surface area (Å²) in [4.78, 5) is 14.6. The van der Waals surface area contributed by atoms with Crippen molar-refractivity contribution in [3.8, 4) is 11.4 Å². The Hall–Kier alpha value is -2.47. The monoisotopic (exact) mass is 268 g/mol. The molecule has 4 rings (SSSR count). The van der Waals surface area contributed by atoms with Gasteiger partial charge in [-0.15, -0.1) is 21.5 Å². The van der Waals surface area contributed by atoms with Gasteiger partial charge >= 0.3 is 0 Å². The van der Waals surface area contributed by atoms with Crippen molar-refractivity contribution >= 4 is 27.3 Å². The quantitative estimate of drug-likeness (QED) is 0.576. The van der Waals surface area contributed by atoms with E-state index in [2.05, 4.69) is 15.2 Å². The molecule has 0 aliphatic heterocycles. The number of nitrogens with one attached hydrogen (secondary N) is 1. The third-order valence-corrected chi connectivity index (χ3v) is 3.91. The number of nitrogens with zero attached hydrogens (tertiary/aromatic N) is 3. The molecule has 0 fully saturated rings. The number of H-pyrrole nitrogens is 1. The highest BCUT2D eigenvalue weighted by molar-refractivity contribution is 7.17. The molecule has 0 aliphatic rings. The molecule has 92 valence electrons. The predicted molar refractivity (Wildman–Crippen MR) is 74.4 cm³/mol. The number of hydrogen-bond acceptors (Lipinski definition) is 4. The molecule has 5 nitrogen and oxygen atoms in total. The van der Waals surface area contributed by atoms with Crippen LogP contribution in [0.25, 0.3) is 27.4 Å². The van der Waals surface area contributed by atoms with Crippen molar-refractivity contribution in [1.29, 1.82) is 0 Å². The molecule has 4 aromatic rings. The summed E-state index contributed by atoms with van der Waals surface area (Å²) in [7, 11) is 0. The number of benzene rings is 1. The Morgan fingerprint density at radius 3 is 2.79 bits per heavy atom. The van der Waals surface area contributed by atoms with Gasteiger partial charge in [0, 0.05) is 5.56 Å². The number of rotatable bonds is 1. The number of fused-ring (bicyclic) bond motifs is 3. The van der Waals surface area contributed by atoms with E-state index in [9.17, 15) is 4.79 Å². The maximum atomic E-state index is 11.9. The molecular formula is C13H8N4OS. The number of aromatic amines is 1. The highest BCUT2D eigenvalue weighted by Crippen LogP contribution is 2.23. The van der Waals surface area contributed by atoms with Crippen molar-refractivity contribution in [3.05, 3.63) is 52.1 Å². The van der Waals surface area contributed by atoms with E-state index in [4.69, 9.17) is 0 Å². The van der Waals surface area contributed by atoms with Crippen LogP contribution in [0.2, 0.25) is 0 Å². The molecule has 0 unspecified atom stereocenters. The van der Waals surface area contributed by atoms with Gasteiger partial charge in [0.1, 0.15) is 4.70 Å². The zero-order valence-corrected chi connectivity index (χ0v) is 10.5. The Labute approximate surface area is 111 Å². The first-order valence-electron chi connectivity index (χ1n) is 5.74. The third kappa shape index (κ3) is 1.43. The molecule has 0 bridgehead atoms. The Kier molecular flexibility index (Phi) is 2.07. The van der Waals surface area contributed by atoms with Gasteiger partial charge in [0.05, 0.1) is 5.52 Å². The van der Waals surface area contributed by atoms with Crippen LogP contribution in [0.4, 0.5) is 0 Å². The average Bonchev–Trinajstić information content (AvgIpc) is 3.05. The standard InChI is InChI=1S/C13H8N4OS/c18-12-10-9(6-7-19-10)17-11(15-16-13(17)14-12)8-4-2-1-3-5-8/h1-7H,(H,14,16,18). The van der Waals surface area contributed by atoms with E-state index < -0.39 is 0 Å². The van der Waals surface area contributed by atoms with Crippen LogP contribution in [-0.4, -0.2) is 19.6 Å². The maximum absolute atomic E-state index is 11.9. The molecule has 3 heterocycles.